The quantitative estimate of drug-likeness (QED) is 0.623. The van der Waals surface area contributed by atoms with E-state index in [1.165, 1.54) is 0 Å². The third-order valence-corrected chi connectivity index (χ3v) is 5.59. The van der Waals surface area contributed by atoms with Gasteiger partial charge in [0, 0.05) is 43.8 Å². The molecular formula is C19H24N4O4. The monoisotopic (exact) mass is 372 g/mol. The Kier molecular flexibility index (Phi) is 4.94. The second kappa shape index (κ2) is 7.38. The van der Waals surface area contributed by atoms with Gasteiger partial charge in [-0.05, 0) is 24.0 Å². The van der Waals surface area contributed by atoms with Gasteiger partial charge in [0.15, 0.2) is 0 Å². The van der Waals surface area contributed by atoms with E-state index in [1.54, 1.807) is 4.90 Å². The number of benzene rings is 1. The summed E-state index contributed by atoms with van der Waals surface area (Å²) in [5.74, 6) is -0.813. The Bertz CT molecular complexity index is 781. The molecule has 1 aromatic rings. The Morgan fingerprint density at radius 3 is 2.89 bits per heavy atom. The number of fused-ring (bicyclic) bond motifs is 1. The van der Waals surface area contributed by atoms with E-state index in [9.17, 15) is 14.4 Å². The van der Waals surface area contributed by atoms with E-state index >= 15 is 0 Å². The standard InChI is InChI=1S/C19H24N4O4/c20-13-10-27-7-6-14(13)21-8-11-2-1-3-12-9-23(19(26)17(11)12)15-4-5-16(24)22-18(15)25/h1-3,13-15,21H,4-10,20H2,(H,22,24,25)/t13-,14+,15?/m1/s1. The van der Waals surface area contributed by atoms with E-state index in [0.29, 0.717) is 38.3 Å². The number of nitrogens with one attached hydrogen (secondary N) is 2. The minimum atomic E-state index is -0.590. The van der Waals surface area contributed by atoms with Crippen LogP contribution in [-0.2, 0) is 27.4 Å². The molecule has 4 rings (SSSR count). The van der Waals surface area contributed by atoms with Crippen LogP contribution >= 0.6 is 0 Å². The summed E-state index contributed by atoms with van der Waals surface area (Å²) in [7, 11) is 0. The first-order valence-corrected chi connectivity index (χ1v) is 9.36. The molecule has 0 radical (unpaired) electrons. The first-order chi connectivity index (χ1) is 13.0. The van der Waals surface area contributed by atoms with Gasteiger partial charge in [-0.1, -0.05) is 18.2 Å². The Morgan fingerprint density at radius 2 is 2.11 bits per heavy atom. The summed E-state index contributed by atoms with van der Waals surface area (Å²) in [6.07, 6.45) is 1.47. The van der Waals surface area contributed by atoms with E-state index in [0.717, 1.165) is 17.5 Å². The fraction of sp³-hybridized carbons (Fsp3) is 0.526. The van der Waals surface area contributed by atoms with Gasteiger partial charge < -0.3 is 20.7 Å². The van der Waals surface area contributed by atoms with Crippen LogP contribution in [0.1, 0.15) is 40.7 Å². The number of amides is 3. The van der Waals surface area contributed by atoms with Crippen molar-refractivity contribution in [1.29, 1.82) is 0 Å². The van der Waals surface area contributed by atoms with Crippen LogP contribution in [0, 0.1) is 0 Å². The van der Waals surface area contributed by atoms with Gasteiger partial charge in [-0.2, -0.15) is 0 Å². The number of carbonyl (C=O) groups excluding carboxylic acids is 3. The van der Waals surface area contributed by atoms with Crippen LogP contribution in [0.5, 0.6) is 0 Å². The van der Waals surface area contributed by atoms with Crippen molar-refractivity contribution in [3.8, 4) is 0 Å². The zero-order valence-electron chi connectivity index (χ0n) is 15.1. The average Bonchev–Trinajstić information content (AvgIpc) is 2.98. The predicted octanol–water partition coefficient (Wildman–Crippen LogP) is -0.347. The first-order valence-electron chi connectivity index (χ1n) is 9.36. The average molecular weight is 372 g/mol. The summed E-state index contributed by atoms with van der Waals surface area (Å²) in [6.45, 7) is 2.15. The number of piperidine rings is 1. The lowest BCUT2D eigenvalue weighted by Gasteiger charge is -2.30. The summed E-state index contributed by atoms with van der Waals surface area (Å²) in [5.41, 5.74) is 8.58. The zero-order valence-corrected chi connectivity index (χ0v) is 15.1. The van der Waals surface area contributed by atoms with Crippen molar-refractivity contribution in [2.45, 2.75) is 50.5 Å². The number of nitrogens with zero attached hydrogens (tertiary/aromatic N) is 1. The van der Waals surface area contributed by atoms with Crippen molar-refractivity contribution in [3.05, 3.63) is 34.9 Å². The van der Waals surface area contributed by atoms with Crippen LogP contribution in [0.3, 0.4) is 0 Å². The molecule has 3 amide bonds. The van der Waals surface area contributed by atoms with Crippen LogP contribution < -0.4 is 16.4 Å². The van der Waals surface area contributed by atoms with Crippen LogP contribution in [0.4, 0.5) is 0 Å². The molecule has 144 valence electrons. The fourth-order valence-electron chi connectivity index (χ4n) is 4.09. The van der Waals surface area contributed by atoms with Crippen LogP contribution in [0.25, 0.3) is 0 Å². The third kappa shape index (κ3) is 3.47. The second-order valence-electron chi connectivity index (χ2n) is 7.37. The third-order valence-electron chi connectivity index (χ3n) is 5.59. The number of nitrogens with two attached hydrogens (primary N) is 1. The molecule has 0 saturated carbocycles. The molecule has 27 heavy (non-hydrogen) atoms. The Labute approximate surface area is 157 Å². The number of hydrogen-bond donors (Lipinski definition) is 3. The summed E-state index contributed by atoms with van der Waals surface area (Å²) in [5, 5.41) is 5.78. The number of rotatable bonds is 4. The molecule has 1 unspecified atom stereocenters. The topological polar surface area (TPSA) is 114 Å². The Morgan fingerprint density at radius 1 is 1.26 bits per heavy atom. The van der Waals surface area contributed by atoms with Crippen molar-refractivity contribution < 1.29 is 19.1 Å². The number of hydrogen-bond acceptors (Lipinski definition) is 6. The van der Waals surface area contributed by atoms with Gasteiger partial charge in [0.05, 0.1) is 6.61 Å². The largest absolute Gasteiger partial charge is 0.380 e. The highest BCUT2D eigenvalue weighted by Gasteiger charge is 2.40. The minimum absolute atomic E-state index is 0.0637. The molecular weight excluding hydrogens is 348 g/mol. The molecule has 8 heteroatoms. The smallest absolute Gasteiger partial charge is 0.255 e. The SMILES string of the molecule is N[C@@H]1COCC[C@@H]1NCc1cccc2c1C(=O)N(C1CCC(=O)NC1=O)C2. The number of carbonyl (C=O) groups is 3. The molecule has 3 aliphatic heterocycles. The molecule has 4 N–H and O–H groups in total. The van der Waals surface area contributed by atoms with Crippen molar-refractivity contribution in [3.63, 3.8) is 0 Å². The van der Waals surface area contributed by atoms with E-state index < -0.39 is 6.04 Å². The molecule has 2 saturated heterocycles. The lowest BCUT2D eigenvalue weighted by Crippen LogP contribution is -2.52. The zero-order chi connectivity index (χ0) is 19.0. The van der Waals surface area contributed by atoms with Crippen LogP contribution in [-0.4, -0.2) is 54.0 Å². The molecule has 8 nitrogen and oxygen atoms in total. The maximum atomic E-state index is 13.0. The lowest BCUT2D eigenvalue weighted by molar-refractivity contribution is -0.136. The summed E-state index contributed by atoms with van der Waals surface area (Å²) >= 11 is 0. The molecule has 2 fully saturated rings. The molecule has 3 atom stereocenters. The van der Waals surface area contributed by atoms with Gasteiger partial charge in [-0.15, -0.1) is 0 Å². The van der Waals surface area contributed by atoms with Crippen LogP contribution in [0.15, 0.2) is 18.2 Å². The number of imide groups is 1. The van der Waals surface area contributed by atoms with Crippen LogP contribution in [0.2, 0.25) is 0 Å². The molecule has 0 aromatic heterocycles. The normalized spacial score (nSPS) is 28.3. The van der Waals surface area contributed by atoms with Crippen molar-refractivity contribution >= 4 is 17.7 Å². The fourth-order valence-corrected chi connectivity index (χ4v) is 4.09. The highest BCUT2D eigenvalue weighted by atomic mass is 16.5. The molecule has 3 aliphatic rings. The maximum absolute atomic E-state index is 13.0. The van der Waals surface area contributed by atoms with Crippen molar-refractivity contribution in [1.82, 2.24) is 15.5 Å². The van der Waals surface area contributed by atoms with E-state index in [1.807, 2.05) is 18.2 Å². The van der Waals surface area contributed by atoms with Gasteiger partial charge in [0.1, 0.15) is 6.04 Å². The lowest BCUT2D eigenvalue weighted by atomic mass is 10.0. The predicted molar refractivity (Wildman–Crippen MR) is 96.5 cm³/mol. The first kappa shape index (κ1) is 18.1. The van der Waals surface area contributed by atoms with Gasteiger partial charge in [0.25, 0.3) is 5.91 Å². The van der Waals surface area contributed by atoms with Gasteiger partial charge in [0.2, 0.25) is 11.8 Å². The van der Waals surface area contributed by atoms with E-state index in [4.69, 9.17) is 10.5 Å². The van der Waals surface area contributed by atoms with E-state index in [2.05, 4.69) is 10.6 Å². The molecule has 0 aliphatic carbocycles. The second-order valence-corrected chi connectivity index (χ2v) is 7.37. The van der Waals surface area contributed by atoms with Gasteiger partial charge in [-0.25, -0.2) is 0 Å². The Hall–Kier alpha value is -2.29. The molecule has 1 aromatic carbocycles. The van der Waals surface area contributed by atoms with Crippen molar-refractivity contribution in [2.75, 3.05) is 13.2 Å². The molecule has 0 spiro atoms. The maximum Gasteiger partial charge on any atom is 0.255 e. The number of ether oxygens (including phenoxy) is 1. The molecule has 0 bridgehead atoms. The van der Waals surface area contributed by atoms with E-state index in [-0.39, 0.29) is 36.2 Å². The van der Waals surface area contributed by atoms with Gasteiger partial charge in [-0.3, -0.25) is 19.7 Å². The Balaban J connectivity index is 1.49. The minimum Gasteiger partial charge on any atom is -0.380 e. The molecule has 3 heterocycles. The summed E-state index contributed by atoms with van der Waals surface area (Å²) in [4.78, 5) is 38.2. The summed E-state index contributed by atoms with van der Waals surface area (Å²) in [6, 6.07) is 5.28. The van der Waals surface area contributed by atoms with Crippen molar-refractivity contribution in [2.24, 2.45) is 5.73 Å². The summed E-state index contributed by atoms with van der Waals surface area (Å²) < 4.78 is 5.37. The highest BCUT2D eigenvalue weighted by molar-refractivity contribution is 6.05. The highest BCUT2D eigenvalue weighted by Crippen LogP contribution is 2.30. The van der Waals surface area contributed by atoms with Gasteiger partial charge >= 0.3 is 0 Å².